The van der Waals surface area contributed by atoms with E-state index in [4.69, 9.17) is 31.9 Å². The van der Waals surface area contributed by atoms with Crippen LogP contribution < -0.4 is 32.7 Å². The van der Waals surface area contributed by atoms with E-state index in [0.717, 1.165) is 0 Å². The molecule has 0 unspecified atom stereocenters. The van der Waals surface area contributed by atoms with Gasteiger partial charge in [0.25, 0.3) is 0 Å². The number of carbonyl (C=O) groups is 10. The molecule has 0 aliphatic carbocycles. The monoisotopic (exact) mass is 662 g/mol. The molecule has 0 aromatic rings. The first-order valence-corrected chi connectivity index (χ1v) is 13.7. The van der Waals surface area contributed by atoms with Crippen molar-refractivity contribution >= 4 is 59.4 Å². The lowest BCUT2D eigenvalue weighted by Crippen LogP contribution is -2.58. The van der Waals surface area contributed by atoms with Crippen molar-refractivity contribution in [1.82, 2.24) is 21.3 Å². The second-order valence-corrected chi connectivity index (χ2v) is 9.93. The zero-order valence-electron chi connectivity index (χ0n) is 24.4. The number of carbonyl (C=O) groups excluding carboxylic acids is 5. The molecule has 0 aromatic carbocycles. The van der Waals surface area contributed by atoms with E-state index >= 15 is 0 Å². The standard InChI is InChI=1S/C25H38N6O15/c26-11(24(43)44)1-7-17(33)28-12(3-8-18(34)35)21(40)29-13(4-9-19(36)37)22(41)30-14(5-10-20(38)39)23(42)31-15(25(45)46)2-6-16(27)32/h11-15H,1-10,26H2,(H2,27,32)(H,28,33)(H,29,40)(H,30,41)(H,31,42)(H,34,35)(H,36,37)(H,38,39)(H,43,44)(H,45,46)/t11-,12-,13-,14-,15-/m0/s1. The quantitative estimate of drug-likeness (QED) is 0.0470. The molecule has 0 saturated carbocycles. The molecule has 5 amide bonds. The minimum Gasteiger partial charge on any atom is -0.481 e. The van der Waals surface area contributed by atoms with Gasteiger partial charge in [-0.25, -0.2) is 4.79 Å². The highest BCUT2D eigenvalue weighted by molar-refractivity contribution is 5.95. The number of rotatable bonds is 24. The molecule has 46 heavy (non-hydrogen) atoms. The van der Waals surface area contributed by atoms with E-state index in [-0.39, 0.29) is 6.42 Å². The van der Waals surface area contributed by atoms with Crippen molar-refractivity contribution in [3.63, 3.8) is 0 Å². The Balaban J connectivity index is 6.01. The van der Waals surface area contributed by atoms with Crippen LogP contribution in [0.1, 0.15) is 64.2 Å². The maximum atomic E-state index is 13.2. The molecule has 0 rings (SSSR count). The predicted molar refractivity (Wildman–Crippen MR) is 149 cm³/mol. The first-order chi connectivity index (χ1) is 21.3. The fourth-order valence-electron chi connectivity index (χ4n) is 3.65. The Bertz CT molecular complexity index is 1180. The van der Waals surface area contributed by atoms with Crippen LogP contribution in [0.4, 0.5) is 0 Å². The van der Waals surface area contributed by atoms with Crippen LogP contribution in [0, 0.1) is 0 Å². The molecule has 0 aliphatic rings. The van der Waals surface area contributed by atoms with Gasteiger partial charge in [0.1, 0.15) is 30.2 Å². The summed E-state index contributed by atoms with van der Waals surface area (Å²) >= 11 is 0. The number of primary amides is 1. The van der Waals surface area contributed by atoms with E-state index in [1.54, 1.807) is 0 Å². The number of nitrogens with two attached hydrogens (primary N) is 2. The van der Waals surface area contributed by atoms with E-state index in [2.05, 4.69) is 16.0 Å². The van der Waals surface area contributed by atoms with E-state index < -0.39 is 147 Å². The summed E-state index contributed by atoms with van der Waals surface area (Å²) in [6.07, 6.45) is -5.52. The summed E-state index contributed by atoms with van der Waals surface area (Å²) in [5, 5.41) is 53.9. The van der Waals surface area contributed by atoms with E-state index in [1.165, 1.54) is 0 Å². The first kappa shape index (κ1) is 40.7. The van der Waals surface area contributed by atoms with Crippen molar-refractivity contribution in [2.75, 3.05) is 0 Å². The highest BCUT2D eigenvalue weighted by Crippen LogP contribution is 2.08. The third kappa shape index (κ3) is 17.7. The lowest BCUT2D eigenvalue weighted by Gasteiger charge is -2.25. The van der Waals surface area contributed by atoms with E-state index in [9.17, 15) is 53.1 Å². The fourth-order valence-corrected chi connectivity index (χ4v) is 3.65. The summed E-state index contributed by atoms with van der Waals surface area (Å²) in [4.78, 5) is 118. The fraction of sp³-hybridized carbons (Fsp3) is 0.600. The van der Waals surface area contributed by atoms with Gasteiger partial charge in [-0.05, 0) is 32.1 Å². The van der Waals surface area contributed by atoms with Gasteiger partial charge in [0.2, 0.25) is 29.5 Å². The summed E-state index contributed by atoms with van der Waals surface area (Å²) in [6, 6.07) is -8.18. The van der Waals surface area contributed by atoms with Gasteiger partial charge in [0.15, 0.2) is 0 Å². The lowest BCUT2D eigenvalue weighted by atomic mass is 10.0. The van der Waals surface area contributed by atoms with Crippen LogP contribution in [0.3, 0.4) is 0 Å². The number of hydrogen-bond acceptors (Lipinski definition) is 11. The summed E-state index contributed by atoms with van der Waals surface area (Å²) in [5.41, 5.74) is 10.3. The second-order valence-electron chi connectivity index (χ2n) is 9.93. The summed E-state index contributed by atoms with van der Waals surface area (Å²) < 4.78 is 0. The molecular formula is C25H38N6O15. The molecule has 0 spiro atoms. The van der Waals surface area contributed by atoms with Gasteiger partial charge in [-0.3, -0.25) is 43.2 Å². The van der Waals surface area contributed by atoms with Crippen LogP contribution in [0.25, 0.3) is 0 Å². The molecule has 0 bridgehead atoms. The van der Waals surface area contributed by atoms with Crippen molar-refractivity contribution in [2.24, 2.45) is 11.5 Å². The van der Waals surface area contributed by atoms with Crippen molar-refractivity contribution in [3.05, 3.63) is 0 Å². The van der Waals surface area contributed by atoms with Crippen LogP contribution in [-0.2, 0) is 47.9 Å². The number of aliphatic carboxylic acids is 5. The molecule has 0 fully saturated rings. The first-order valence-electron chi connectivity index (χ1n) is 13.7. The highest BCUT2D eigenvalue weighted by Gasteiger charge is 2.32. The minimum atomic E-state index is -1.75. The van der Waals surface area contributed by atoms with Crippen LogP contribution in [0.15, 0.2) is 0 Å². The van der Waals surface area contributed by atoms with Crippen molar-refractivity contribution < 1.29 is 73.5 Å². The smallest absolute Gasteiger partial charge is 0.326 e. The van der Waals surface area contributed by atoms with Crippen molar-refractivity contribution in [2.45, 2.75) is 94.4 Å². The summed E-state index contributed by atoms with van der Waals surface area (Å²) in [7, 11) is 0. The van der Waals surface area contributed by atoms with Crippen molar-refractivity contribution in [1.29, 1.82) is 0 Å². The van der Waals surface area contributed by atoms with Gasteiger partial charge in [-0.15, -0.1) is 0 Å². The van der Waals surface area contributed by atoms with Gasteiger partial charge in [-0.1, -0.05) is 0 Å². The van der Waals surface area contributed by atoms with Crippen LogP contribution >= 0.6 is 0 Å². The van der Waals surface area contributed by atoms with Crippen LogP contribution in [0.2, 0.25) is 0 Å². The van der Waals surface area contributed by atoms with Gasteiger partial charge >= 0.3 is 29.8 Å². The van der Waals surface area contributed by atoms with E-state index in [1.807, 2.05) is 5.32 Å². The molecule has 0 aromatic heterocycles. The number of amides is 5. The number of hydrogen-bond donors (Lipinski definition) is 11. The number of nitrogens with one attached hydrogen (secondary N) is 4. The average molecular weight is 663 g/mol. The lowest BCUT2D eigenvalue weighted by molar-refractivity contribution is -0.143. The zero-order valence-corrected chi connectivity index (χ0v) is 24.4. The predicted octanol–water partition coefficient (Wildman–Crippen LogP) is -3.94. The largest absolute Gasteiger partial charge is 0.481 e. The Morgan fingerprint density at radius 1 is 0.457 bits per heavy atom. The molecule has 0 aliphatic heterocycles. The SMILES string of the molecule is NC(=O)CC[C@H](NC(=O)[C@H](CCC(=O)O)NC(=O)[C@H](CCC(=O)O)NC(=O)[C@H](CCC(=O)O)NC(=O)CC[C@H](N)C(=O)O)C(=O)O. The van der Waals surface area contributed by atoms with E-state index in [0.29, 0.717) is 0 Å². The van der Waals surface area contributed by atoms with Gasteiger partial charge in [0, 0.05) is 32.1 Å². The Hall–Kier alpha value is -5.34. The molecule has 0 heterocycles. The number of carboxylic acids is 5. The van der Waals surface area contributed by atoms with Crippen LogP contribution in [-0.4, -0.2) is 115 Å². The molecule has 0 saturated heterocycles. The summed E-state index contributed by atoms with van der Waals surface area (Å²) in [5.74, 6) is -12.5. The molecule has 5 atom stereocenters. The van der Waals surface area contributed by atoms with Gasteiger partial charge in [-0.2, -0.15) is 0 Å². The molecule has 0 radical (unpaired) electrons. The molecule has 258 valence electrons. The van der Waals surface area contributed by atoms with Crippen LogP contribution in [0.5, 0.6) is 0 Å². The molecule has 21 nitrogen and oxygen atoms in total. The second kappa shape index (κ2) is 20.6. The van der Waals surface area contributed by atoms with Gasteiger partial charge in [0.05, 0.1) is 0 Å². The maximum Gasteiger partial charge on any atom is 0.326 e. The van der Waals surface area contributed by atoms with Crippen molar-refractivity contribution in [3.8, 4) is 0 Å². The normalized spacial score (nSPS) is 13.8. The summed E-state index contributed by atoms with van der Waals surface area (Å²) in [6.45, 7) is 0. The maximum absolute atomic E-state index is 13.2. The Morgan fingerprint density at radius 2 is 0.804 bits per heavy atom. The topological polar surface area (TPSA) is 372 Å². The van der Waals surface area contributed by atoms with Gasteiger partial charge < -0.3 is 58.3 Å². The molecule has 13 N–H and O–H groups in total. The third-order valence-electron chi connectivity index (χ3n) is 6.15. The average Bonchev–Trinajstić information content (AvgIpc) is 2.94. The Kier molecular flexibility index (Phi) is 18.2. The number of carboxylic acid groups (broad SMARTS) is 5. The highest BCUT2D eigenvalue weighted by atomic mass is 16.4. The Morgan fingerprint density at radius 3 is 1.13 bits per heavy atom. The Labute approximate surface area is 260 Å². The zero-order chi connectivity index (χ0) is 35.6. The third-order valence-corrected chi connectivity index (χ3v) is 6.15. The molecule has 21 heteroatoms. The molecular weight excluding hydrogens is 624 g/mol. The minimum absolute atomic E-state index is 0.344.